The summed E-state index contributed by atoms with van der Waals surface area (Å²) < 4.78 is 0.928. The highest BCUT2D eigenvalue weighted by Gasteiger charge is 2.04. The number of para-hydroxylation sites is 1. The van der Waals surface area contributed by atoms with Crippen molar-refractivity contribution in [1.29, 1.82) is 0 Å². The third kappa shape index (κ3) is 4.79. The molecule has 0 aromatic heterocycles. The Hall–Kier alpha value is -0.830. The number of anilines is 1. The number of benzene rings is 1. The van der Waals surface area contributed by atoms with Crippen LogP contribution in [0.1, 0.15) is 39.0 Å². The molecule has 0 aliphatic carbocycles. The minimum absolute atomic E-state index is 0.100. The van der Waals surface area contributed by atoms with Crippen LogP contribution in [0.5, 0.6) is 0 Å². The average molecular weight is 284 g/mol. The molecule has 16 heavy (non-hydrogen) atoms. The molecule has 1 amide bonds. The van der Waals surface area contributed by atoms with E-state index in [-0.39, 0.29) is 5.91 Å². The summed E-state index contributed by atoms with van der Waals surface area (Å²) >= 11 is 3.40. The molecule has 2 nitrogen and oxygen atoms in total. The minimum Gasteiger partial charge on any atom is -0.325 e. The third-order valence-electron chi connectivity index (χ3n) is 2.41. The lowest BCUT2D eigenvalue weighted by atomic mass is 10.1. The second-order valence-electron chi connectivity index (χ2n) is 3.84. The number of carbonyl (C=O) groups excluding carboxylic acids is 1. The van der Waals surface area contributed by atoms with Crippen molar-refractivity contribution in [3.8, 4) is 0 Å². The number of carbonyl (C=O) groups is 1. The fourth-order valence-corrected chi connectivity index (χ4v) is 1.87. The number of rotatable bonds is 6. The summed E-state index contributed by atoms with van der Waals surface area (Å²) in [4.78, 5) is 11.6. The predicted octanol–water partition coefficient (Wildman–Crippen LogP) is 4.36. The Morgan fingerprint density at radius 3 is 2.69 bits per heavy atom. The van der Waals surface area contributed by atoms with Gasteiger partial charge >= 0.3 is 0 Å². The average Bonchev–Trinajstić information content (AvgIpc) is 2.28. The van der Waals surface area contributed by atoms with Crippen LogP contribution in [-0.4, -0.2) is 5.91 Å². The van der Waals surface area contributed by atoms with Gasteiger partial charge in [0.1, 0.15) is 0 Å². The van der Waals surface area contributed by atoms with Gasteiger partial charge in [-0.2, -0.15) is 0 Å². The van der Waals surface area contributed by atoms with Gasteiger partial charge in [-0.05, 0) is 34.5 Å². The maximum absolute atomic E-state index is 11.6. The molecule has 1 N–H and O–H groups in total. The van der Waals surface area contributed by atoms with E-state index in [9.17, 15) is 4.79 Å². The molecule has 0 heterocycles. The number of nitrogens with one attached hydrogen (secondary N) is 1. The van der Waals surface area contributed by atoms with E-state index in [1.807, 2.05) is 24.3 Å². The molecule has 88 valence electrons. The molecule has 0 spiro atoms. The first-order valence-electron chi connectivity index (χ1n) is 5.78. The fourth-order valence-electron chi connectivity index (χ4n) is 1.49. The van der Waals surface area contributed by atoms with Crippen LogP contribution in [0, 0.1) is 0 Å². The smallest absolute Gasteiger partial charge is 0.224 e. The molecular formula is C13H18BrNO. The van der Waals surface area contributed by atoms with E-state index in [1.54, 1.807) is 0 Å². The topological polar surface area (TPSA) is 29.1 Å². The van der Waals surface area contributed by atoms with Crippen molar-refractivity contribution in [2.24, 2.45) is 0 Å². The van der Waals surface area contributed by atoms with Gasteiger partial charge in [0, 0.05) is 10.9 Å². The zero-order valence-corrected chi connectivity index (χ0v) is 11.2. The van der Waals surface area contributed by atoms with Crippen molar-refractivity contribution in [2.75, 3.05) is 5.32 Å². The molecule has 0 saturated carbocycles. The molecule has 1 aromatic rings. The molecule has 0 saturated heterocycles. The van der Waals surface area contributed by atoms with Crippen molar-refractivity contribution < 1.29 is 4.79 Å². The molecule has 1 aromatic carbocycles. The Bertz CT molecular complexity index is 338. The number of hydrogen-bond acceptors (Lipinski definition) is 1. The van der Waals surface area contributed by atoms with Crippen LogP contribution in [-0.2, 0) is 4.79 Å². The number of amides is 1. The van der Waals surface area contributed by atoms with Crippen LogP contribution in [0.15, 0.2) is 28.7 Å². The lowest BCUT2D eigenvalue weighted by Gasteiger charge is -2.06. The Morgan fingerprint density at radius 1 is 1.25 bits per heavy atom. The van der Waals surface area contributed by atoms with Gasteiger partial charge < -0.3 is 5.32 Å². The molecule has 0 fully saturated rings. The van der Waals surface area contributed by atoms with E-state index >= 15 is 0 Å². The van der Waals surface area contributed by atoms with Crippen molar-refractivity contribution in [1.82, 2.24) is 0 Å². The van der Waals surface area contributed by atoms with E-state index in [4.69, 9.17) is 0 Å². The van der Waals surface area contributed by atoms with Gasteiger partial charge in [-0.1, -0.05) is 38.3 Å². The summed E-state index contributed by atoms with van der Waals surface area (Å²) in [6.45, 7) is 2.17. The van der Waals surface area contributed by atoms with Gasteiger partial charge in [-0.15, -0.1) is 0 Å². The predicted molar refractivity (Wildman–Crippen MR) is 71.5 cm³/mol. The van der Waals surface area contributed by atoms with Crippen molar-refractivity contribution >= 4 is 27.5 Å². The maximum Gasteiger partial charge on any atom is 0.224 e. The SMILES string of the molecule is CCCCCCC(=O)Nc1ccccc1Br. The van der Waals surface area contributed by atoms with Crippen LogP contribution >= 0.6 is 15.9 Å². The summed E-state index contributed by atoms with van der Waals surface area (Å²) in [5, 5.41) is 2.90. The lowest BCUT2D eigenvalue weighted by molar-refractivity contribution is -0.116. The van der Waals surface area contributed by atoms with Crippen LogP contribution in [0.2, 0.25) is 0 Å². The largest absolute Gasteiger partial charge is 0.325 e. The summed E-state index contributed by atoms with van der Waals surface area (Å²) in [6.07, 6.45) is 5.14. The van der Waals surface area contributed by atoms with Crippen molar-refractivity contribution in [3.05, 3.63) is 28.7 Å². The Balaban J connectivity index is 2.32. The summed E-state index contributed by atoms with van der Waals surface area (Å²) in [5.41, 5.74) is 0.850. The molecule has 3 heteroatoms. The van der Waals surface area contributed by atoms with E-state index < -0.39 is 0 Å². The van der Waals surface area contributed by atoms with Crippen LogP contribution in [0.4, 0.5) is 5.69 Å². The van der Waals surface area contributed by atoms with Gasteiger partial charge in [0.2, 0.25) is 5.91 Å². The molecule has 0 radical (unpaired) electrons. The van der Waals surface area contributed by atoms with Crippen LogP contribution in [0.25, 0.3) is 0 Å². The van der Waals surface area contributed by atoms with E-state index in [0.29, 0.717) is 6.42 Å². The second kappa shape index (κ2) is 7.44. The Labute approximate surface area is 106 Å². The number of hydrogen-bond donors (Lipinski definition) is 1. The maximum atomic E-state index is 11.6. The summed E-state index contributed by atoms with van der Waals surface area (Å²) in [6, 6.07) is 7.67. The first-order chi connectivity index (χ1) is 7.74. The van der Waals surface area contributed by atoms with Crippen LogP contribution in [0.3, 0.4) is 0 Å². The van der Waals surface area contributed by atoms with Crippen molar-refractivity contribution in [3.63, 3.8) is 0 Å². The van der Waals surface area contributed by atoms with Gasteiger partial charge in [-0.25, -0.2) is 0 Å². The minimum atomic E-state index is 0.100. The monoisotopic (exact) mass is 283 g/mol. The van der Waals surface area contributed by atoms with Gasteiger partial charge in [-0.3, -0.25) is 4.79 Å². The highest BCUT2D eigenvalue weighted by Crippen LogP contribution is 2.21. The summed E-state index contributed by atoms with van der Waals surface area (Å²) in [5.74, 6) is 0.100. The highest BCUT2D eigenvalue weighted by molar-refractivity contribution is 9.10. The molecule has 0 unspecified atom stereocenters. The normalized spacial score (nSPS) is 10.1. The zero-order valence-electron chi connectivity index (χ0n) is 9.63. The molecule has 0 aliphatic rings. The highest BCUT2D eigenvalue weighted by atomic mass is 79.9. The first kappa shape index (κ1) is 13.2. The van der Waals surface area contributed by atoms with Gasteiger partial charge in [0.15, 0.2) is 0 Å². The summed E-state index contributed by atoms with van der Waals surface area (Å²) in [7, 11) is 0. The van der Waals surface area contributed by atoms with Gasteiger partial charge in [0.05, 0.1) is 5.69 Å². The second-order valence-corrected chi connectivity index (χ2v) is 4.69. The zero-order chi connectivity index (χ0) is 11.8. The molecular weight excluding hydrogens is 266 g/mol. The molecule has 0 atom stereocenters. The number of halogens is 1. The molecule has 0 bridgehead atoms. The molecule has 1 rings (SSSR count). The number of unbranched alkanes of at least 4 members (excludes halogenated alkanes) is 3. The van der Waals surface area contributed by atoms with E-state index in [1.165, 1.54) is 12.8 Å². The fraction of sp³-hybridized carbons (Fsp3) is 0.462. The third-order valence-corrected chi connectivity index (χ3v) is 3.10. The first-order valence-corrected chi connectivity index (χ1v) is 6.57. The Kier molecular flexibility index (Phi) is 6.16. The molecule has 0 aliphatic heterocycles. The standard InChI is InChI=1S/C13H18BrNO/c1-2-3-4-5-10-13(16)15-12-9-7-6-8-11(12)14/h6-9H,2-5,10H2,1H3,(H,15,16). The quantitative estimate of drug-likeness (QED) is 0.773. The van der Waals surface area contributed by atoms with Crippen LogP contribution < -0.4 is 5.32 Å². The van der Waals surface area contributed by atoms with Gasteiger partial charge in [0.25, 0.3) is 0 Å². The Morgan fingerprint density at radius 2 is 2.00 bits per heavy atom. The van der Waals surface area contributed by atoms with E-state index in [0.717, 1.165) is 23.0 Å². The van der Waals surface area contributed by atoms with E-state index in [2.05, 4.69) is 28.2 Å². The van der Waals surface area contributed by atoms with Crippen molar-refractivity contribution in [2.45, 2.75) is 39.0 Å². The lowest BCUT2D eigenvalue weighted by Crippen LogP contribution is -2.11.